The van der Waals surface area contributed by atoms with E-state index in [-0.39, 0.29) is 0 Å². The predicted octanol–water partition coefficient (Wildman–Crippen LogP) is 4.72. The first-order chi connectivity index (χ1) is 13.7. The van der Waals surface area contributed by atoms with E-state index < -0.39 is 12.1 Å². The predicted molar refractivity (Wildman–Crippen MR) is 108 cm³/mol. The monoisotopic (exact) mass is 401 g/mol. The number of ether oxygens (including phenoxy) is 1. The zero-order valence-corrected chi connectivity index (χ0v) is 16.6. The molecule has 2 aromatic carbocycles. The number of aliphatic hydroxyl groups excluding tert-OH is 1. The van der Waals surface area contributed by atoms with E-state index in [0.29, 0.717) is 24.7 Å². The Kier molecular flexibility index (Phi) is 5.80. The summed E-state index contributed by atoms with van der Waals surface area (Å²) in [5.41, 5.74) is 0.854. The van der Waals surface area contributed by atoms with Crippen LogP contribution in [0.5, 0.6) is 5.75 Å². The van der Waals surface area contributed by atoms with Gasteiger partial charge in [0.15, 0.2) is 0 Å². The van der Waals surface area contributed by atoms with Crippen molar-refractivity contribution in [2.24, 2.45) is 0 Å². The number of hydrogen-bond acceptors (Lipinski definition) is 6. The van der Waals surface area contributed by atoms with Crippen molar-refractivity contribution in [1.82, 2.24) is 14.6 Å². The minimum atomic E-state index is -0.599. The minimum absolute atomic E-state index is 0.339. The highest BCUT2D eigenvalue weighted by Gasteiger charge is 2.37. The summed E-state index contributed by atoms with van der Waals surface area (Å²) in [6.07, 6.45) is 3.43. The highest BCUT2D eigenvalue weighted by Crippen LogP contribution is 2.34. The number of hydrogen-bond donors (Lipinski definition) is 1. The Morgan fingerprint density at radius 3 is 2.82 bits per heavy atom. The molecule has 1 N–H and O–H groups in total. The standard InChI is InChI=1S/C21H24ClN3O3/c1-2-3-4-11-27-17-8-7-14-12-16(6-5-15(14)13-17)20-23-21(28-24-20)19-18(26)9-10-25(19)22/h5-8,12-13,18-19,26H,2-4,9-11H2,1H3/t18-,19-/m0/s1. The Balaban J connectivity index is 1.52. The highest BCUT2D eigenvalue weighted by atomic mass is 35.5. The summed E-state index contributed by atoms with van der Waals surface area (Å²) in [6.45, 7) is 3.51. The lowest BCUT2D eigenvalue weighted by Crippen LogP contribution is -2.20. The summed E-state index contributed by atoms with van der Waals surface area (Å²) in [6, 6.07) is 11.6. The second-order valence-electron chi connectivity index (χ2n) is 7.16. The van der Waals surface area contributed by atoms with Crippen molar-refractivity contribution in [3.05, 3.63) is 42.3 Å². The largest absolute Gasteiger partial charge is 0.494 e. The fourth-order valence-corrected chi connectivity index (χ4v) is 3.80. The van der Waals surface area contributed by atoms with Crippen molar-refractivity contribution >= 4 is 22.5 Å². The van der Waals surface area contributed by atoms with Crippen LogP contribution < -0.4 is 4.74 Å². The Morgan fingerprint density at radius 1 is 1.21 bits per heavy atom. The topological polar surface area (TPSA) is 71.6 Å². The molecule has 0 spiro atoms. The maximum atomic E-state index is 10.1. The molecular formula is C21H24ClN3O3. The molecule has 148 valence electrons. The van der Waals surface area contributed by atoms with Gasteiger partial charge in [-0.1, -0.05) is 43.1 Å². The molecule has 2 heterocycles. The maximum Gasteiger partial charge on any atom is 0.248 e. The lowest BCUT2D eigenvalue weighted by atomic mass is 10.1. The summed E-state index contributed by atoms with van der Waals surface area (Å²) < 4.78 is 12.7. The smallest absolute Gasteiger partial charge is 0.248 e. The molecule has 0 amide bonds. The zero-order valence-electron chi connectivity index (χ0n) is 15.8. The molecule has 3 aromatic rings. The number of rotatable bonds is 7. The molecule has 4 rings (SSSR count). The van der Waals surface area contributed by atoms with Gasteiger partial charge in [-0.2, -0.15) is 4.98 Å². The van der Waals surface area contributed by atoms with E-state index in [2.05, 4.69) is 17.1 Å². The average molecular weight is 402 g/mol. The van der Waals surface area contributed by atoms with E-state index in [9.17, 15) is 5.11 Å². The number of aromatic nitrogens is 2. The van der Waals surface area contributed by atoms with Crippen LogP contribution in [0.3, 0.4) is 0 Å². The molecule has 1 aliphatic rings. The Bertz CT molecular complexity index is 936. The Labute approximate surface area is 169 Å². The molecule has 0 saturated carbocycles. The first-order valence-corrected chi connectivity index (χ1v) is 10.1. The summed E-state index contributed by atoms with van der Waals surface area (Å²) in [7, 11) is 0. The van der Waals surface area contributed by atoms with E-state index >= 15 is 0 Å². The molecule has 1 aromatic heterocycles. The fraction of sp³-hybridized carbons (Fsp3) is 0.429. The lowest BCUT2D eigenvalue weighted by molar-refractivity contribution is 0.123. The number of fused-ring (bicyclic) bond motifs is 1. The summed E-state index contributed by atoms with van der Waals surface area (Å²) >= 11 is 6.14. The van der Waals surface area contributed by atoms with Crippen molar-refractivity contribution in [3.63, 3.8) is 0 Å². The lowest BCUT2D eigenvalue weighted by Gasteiger charge is -2.14. The minimum Gasteiger partial charge on any atom is -0.494 e. The molecular weight excluding hydrogens is 378 g/mol. The van der Waals surface area contributed by atoms with Crippen LogP contribution in [0.25, 0.3) is 22.2 Å². The van der Waals surface area contributed by atoms with Gasteiger partial charge < -0.3 is 14.4 Å². The van der Waals surface area contributed by atoms with Crippen LogP contribution >= 0.6 is 11.8 Å². The highest BCUT2D eigenvalue weighted by molar-refractivity contribution is 6.13. The maximum absolute atomic E-state index is 10.1. The summed E-state index contributed by atoms with van der Waals surface area (Å²) in [5.74, 6) is 1.71. The van der Waals surface area contributed by atoms with Gasteiger partial charge in [0, 0.05) is 12.1 Å². The van der Waals surface area contributed by atoms with Gasteiger partial charge in [-0.3, -0.25) is 0 Å². The van der Waals surface area contributed by atoms with E-state index in [1.165, 1.54) is 17.3 Å². The normalized spacial score (nSPS) is 20.1. The molecule has 28 heavy (non-hydrogen) atoms. The summed E-state index contributed by atoms with van der Waals surface area (Å²) in [4.78, 5) is 4.46. The SMILES string of the molecule is CCCCCOc1ccc2cc(-c3noc([C@@H]4[C@@H](O)CCN4Cl)n3)ccc2c1. The number of nitrogens with zero attached hydrogens (tertiary/aromatic N) is 3. The molecule has 0 unspecified atom stereocenters. The van der Waals surface area contributed by atoms with Crippen LogP contribution in [-0.2, 0) is 0 Å². The van der Waals surface area contributed by atoms with E-state index in [4.69, 9.17) is 21.0 Å². The van der Waals surface area contributed by atoms with E-state index in [0.717, 1.165) is 35.1 Å². The van der Waals surface area contributed by atoms with Crippen LogP contribution in [0.1, 0.15) is 44.5 Å². The van der Waals surface area contributed by atoms with Gasteiger partial charge in [0.1, 0.15) is 11.8 Å². The Hall–Kier alpha value is -2.15. The number of aliphatic hydroxyl groups is 1. The van der Waals surface area contributed by atoms with Gasteiger partial charge >= 0.3 is 0 Å². The zero-order chi connectivity index (χ0) is 19.5. The average Bonchev–Trinajstić information content (AvgIpc) is 3.31. The molecule has 2 atom stereocenters. The first-order valence-electron chi connectivity index (χ1n) is 9.77. The third-order valence-corrected chi connectivity index (χ3v) is 5.47. The van der Waals surface area contributed by atoms with Crippen LogP contribution in [0.15, 0.2) is 40.9 Å². The first kappa shape index (κ1) is 19.2. The van der Waals surface area contributed by atoms with Crippen LogP contribution in [0.2, 0.25) is 0 Å². The summed E-state index contributed by atoms with van der Waals surface area (Å²) in [5, 5.41) is 16.3. The number of unbranched alkanes of at least 4 members (excludes halogenated alkanes) is 2. The molecule has 1 saturated heterocycles. The molecule has 1 aliphatic heterocycles. The van der Waals surface area contributed by atoms with Crippen LogP contribution in [0.4, 0.5) is 0 Å². The van der Waals surface area contributed by atoms with Gasteiger partial charge in [-0.15, -0.1) is 0 Å². The second-order valence-corrected chi connectivity index (χ2v) is 7.59. The quantitative estimate of drug-likeness (QED) is 0.456. The van der Waals surface area contributed by atoms with Crippen LogP contribution in [-0.4, -0.2) is 38.9 Å². The van der Waals surface area contributed by atoms with E-state index in [1.54, 1.807) is 0 Å². The van der Waals surface area contributed by atoms with Crippen molar-refractivity contribution in [2.75, 3.05) is 13.2 Å². The number of halogens is 1. The van der Waals surface area contributed by atoms with Crippen molar-refractivity contribution in [2.45, 2.75) is 44.8 Å². The van der Waals surface area contributed by atoms with Crippen molar-refractivity contribution in [1.29, 1.82) is 0 Å². The van der Waals surface area contributed by atoms with Gasteiger partial charge in [0.25, 0.3) is 0 Å². The Morgan fingerprint density at radius 2 is 2.04 bits per heavy atom. The van der Waals surface area contributed by atoms with Crippen molar-refractivity contribution < 1.29 is 14.4 Å². The molecule has 0 bridgehead atoms. The third-order valence-electron chi connectivity index (χ3n) is 5.09. The van der Waals surface area contributed by atoms with E-state index in [1.807, 2.05) is 36.4 Å². The van der Waals surface area contributed by atoms with Gasteiger partial charge in [-0.25, -0.2) is 4.42 Å². The van der Waals surface area contributed by atoms with Crippen molar-refractivity contribution in [3.8, 4) is 17.1 Å². The van der Waals surface area contributed by atoms with Crippen LogP contribution in [0, 0.1) is 0 Å². The van der Waals surface area contributed by atoms with Gasteiger partial charge in [0.05, 0.1) is 12.7 Å². The molecule has 0 aliphatic carbocycles. The van der Waals surface area contributed by atoms with Gasteiger partial charge in [0.2, 0.25) is 11.7 Å². The number of benzene rings is 2. The third kappa shape index (κ3) is 3.99. The second kappa shape index (κ2) is 8.47. The van der Waals surface area contributed by atoms with Gasteiger partial charge in [-0.05, 0) is 53.6 Å². The molecule has 0 radical (unpaired) electrons. The fourth-order valence-electron chi connectivity index (χ4n) is 3.49. The molecule has 6 nitrogen and oxygen atoms in total. The molecule has 7 heteroatoms. The molecule has 1 fully saturated rings.